The molecule has 0 radical (unpaired) electrons. The van der Waals surface area contributed by atoms with Gasteiger partial charge in [0.15, 0.2) is 0 Å². The summed E-state index contributed by atoms with van der Waals surface area (Å²) >= 11 is 0. The fourth-order valence-corrected chi connectivity index (χ4v) is 3.19. The number of rotatable bonds is 3. The molecule has 2 unspecified atom stereocenters. The number of aryl methyl sites for hydroxylation is 2. The van der Waals surface area contributed by atoms with E-state index < -0.39 is 0 Å². The van der Waals surface area contributed by atoms with Crippen LogP contribution in [0, 0.1) is 165 Å². The average Bonchev–Trinajstić information content (AvgIpc) is 2.40. The largest absolute Gasteiger partial charge is 0.481 e. The van der Waals surface area contributed by atoms with Gasteiger partial charge in [0.05, 0.1) is 14.2 Å². The topological polar surface area (TPSA) is 44.2 Å². The van der Waals surface area contributed by atoms with E-state index in [4.69, 9.17) is 9.47 Å². The number of aromatic nitrogens is 2. The molecule has 0 fully saturated rings. The molecule has 2 rings (SSSR count). The molecule has 0 saturated carbocycles. The Balaban J connectivity index is -0.00000110. The van der Waals surface area contributed by atoms with Gasteiger partial charge in [-0.3, -0.25) is 0 Å². The molecule has 0 bridgehead atoms. The number of hydrogen-bond acceptors (Lipinski definition) is 4. The van der Waals surface area contributed by atoms with E-state index in [0.717, 1.165) is 33.1 Å². The molecule has 0 aliphatic heterocycles. The summed E-state index contributed by atoms with van der Waals surface area (Å²) in [5, 5.41) is 2.07. The van der Waals surface area contributed by atoms with E-state index in [1.54, 1.807) is 14.2 Å². The predicted molar refractivity (Wildman–Crippen MR) is 88.7 cm³/mol. The van der Waals surface area contributed by atoms with Crippen LogP contribution in [0.3, 0.4) is 0 Å². The van der Waals surface area contributed by atoms with E-state index in [9.17, 15) is 0 Å². The van der Waals surface area contributed by atoms with Gasteiger partial charge in [-0.15, -0.1) is 18.5 Å². The van der Waals surface area contributed by atoms with Crippen LogP contribution < -0.4 is 20.1 Å². The number of methoxy groups -OCH3 is 2. The van der Waals surface area contributed by atoms with Gasteiger partial charge in [-0.1, -0.05) is 0 Å². The van der Waals surface area contributed by atoms with Crippen molar-refractivity contribution < 1.29 is 160 Å². The molecule has 2 heterocycles. The Morgan fingerprint density at radius 2 is 1.00 bits per heavy atom. The van der Waals surface area contributed by atoms with Crippen LogP contribution in [0.2, 0.25) is 0 Å². The van der Waals surface area contributed by atoms with Crippen LogP contribution in [0.5, 0.6) is 11.8 Å². The Labute approximate surface area is 268 Å². The molecule has 0 saturated heterocycles. The Kier molecular flexibility index (Phi) is 21.1. The van der Waals surface area contributed by atoms with Crippen molar-refractivity contribution >= 4 is 29.1 Å². The first-order valence-electron chi connectivity index (χ1n) is 6.10. The molecule has 2 atom stereocenters. The third kappa shape index (κ3) is 8.27. The number of hydrogen-bond donors (Lipinski definition) is 0. The van der Waals surface area contributed by atoms with Gasteiger partial charge < -0.3 is 9.47 Å². The summed E-state index contributed by atoms with van der Waals surface area (Å²) in [6, 6.07) is 3.81. The number of ether oxygens (including phenoxy) is 2. The van der Waals surface area contributed by atoms with Crippen LogP contribution in [0.1, 0.15) is 11.4 Å². The summed E-state index contributed by atoms with van der Waals surface area (Å²) in [7, 11) is 8.71. The minimum absolute atomic E-state index is 0. The number of pyridine rings is 2. The van der Waals surface area contributed by atoms with E-state index in [1.165, 1.54) is 0 Å². The molecule has 2 aromatic heterocycles. The standard InChI is InChI=1S/C14H18N2O2P2.4Ar/c1-7-13(9(19)5-11(15-7)17-3)14-8(2)16-12(18-4)6-10(14)20;;;;/h5-6H,19-20H2,1-4H3;;;;. The van der Waals surface area contributed by atoms with Gasteiger partial charge in [0.1, 0.15) is 0 Å². The second-order valence-corrected chi connectivity index (χ2v) is 5.67. The van der Waals surface area contributed by atoms with E-state index >= 15 is 0 Å². The minimum Gasteiger partial charge on any atom is -0.481 e. The smallest absolute Gasteiger partial charge is 0.213 e. The average molecular weight is 468 g/mol. The molecular formula is C14H18Ar4N2O2P2. The van der Waals surface area contributed by atoms with Gasteiger partial charge in [-0.2, -0.15) is 0 Å². The van der Waals surface area contributed by atoms with Gasteiger partial charge >= 0.3 is 0 Å². The molecule has 0 aromatic carbocycles. The fraction of sp³-hybridized carbons (Fsp3) is 0.286. The second kappa shape index (κ2) is 15.6. The van der Waals surface area contributed by atoms with Gasteiger partial charge in [0.25, 0.3) is 0 Å². The minimum atomic E-state index is 0. The van der Waals surface area contributed by atoms with Crippen LogP contribution in [0.4, 0.5) is 0 Å². The number of nitrogens with zero attached hydrogens (tertiary/aromatic N) is 2. The molecule has 10 heteroatoms. The molecule has 4 nitrogen and oxygen atoms in total. The monoisotopic (exact) mass is 468 g/mol. The zero-order valence-corrected chi connectivity index (χ0v) is 18.6. The third-order valence-electron chi connectivity index (χ3n) is 3.08. The molecule has 0 aliphatic rings. The summed E-state index contributed by atoms with van der Waals surface area (Å²) in [4.78, 5) is 8.90. The maximum Gasteiger partial charge on any atom is 0.213 e. The zero-order chi connectivity index (χ0) is 14.9. The Bertz CT molecular complexity index is 572. The quantitative estimate of drug-likeness (QED) is 0.645. The third-order valence-corrected chi connectivity index (χ3v) is 3.99. The normalized spacial score (nSPS) is 8.75. The molecule has 0 amide bonds. The van der Waals surface area contributed by atoms with Crippen LogP contribution in [-0.2, 0) is 0 Å². The van der Waals surface area contributed by atoms with Crippen molar-refractivity contribution in [2.75, 3.05) is 14.2 Å². The molecule has 24 heavy (non-hydrogen) atoms. The van der Waals surface area contributed by atoms with Crippen LogP contribution >= 0.6 is 18.5 Å². The van der Waals surface area contributed by atoms with Crippen LogP contribution in [0.25, 0.3) is 11.1 Å². The van der Waals surface area contributed by atoms with Gasteiger partial charge in [-0.05, 0) is 24.5 Å². The predicted octanol–water partition coefficient (Wildman–Crippen LogP) is 1.78. The van der Waals surface area contributed by atoms with E-state index in [2.05, 4.69) is 28.4 Å². The molecule has 2 aromatic rings. The zero-order valence-electron chi connectivity index (χ0n) is 13.4. The van der Waals surface area contributed by atoms with Crippen molar-refractivity contribution in [1.29, 1.82) is 0 Å². The van der Waals surface area contributed by atoms with Gasteiger partial charge in [0, 0.05) is 186 Å². The summed E-state index contributed by atoms with van der Waals surface area (Å²) < 4.78 is 10.4. The summed E-state index contributed by atoms with van der Waals surface area (Å²) in [6.45, 7) is 3.94. The van der Waals surface area contributed by atoms with Crippen molar-refractivity contribution in [1.82, 2.24) is 9.97 Å². The van der Waals surface area contributed by atoms with Crippen molar-refractivity contribution in [2.45, 2.75) is 13.8 Å². The first-order chi connectivity index (χ1) is 9.47. The van der Waals surface area contributed by atoms with Gasteiger partial charge in [0.2, 0.25) is 11.8 Å². The van der Waals surface area contributed by atoms with E-state index in [1.807, 2.05) is 26.0 Å². The first-order valence-corrected chi connectivity index (χ1v) is 7.26. The summed E-state index contributed by atoms with van der Waals surface area (Å²) in [5.41, 5.74) is 3.95. The van der Waals surface area contributed by atoms with Crippen molar-refractivity contribution in [3.8, 4) is 22.9 Å². The molecule has 0 aliphatic carbocycles. The molecule has 0 spiro atoms. The van der Waals surface area contributed by atoms with Crippen molar-refractivity contribution in [2.24, 2.45) is 0 Å². The van der Waals surface area contributed by atoms with Crippen LogP contribution in [-0.4, -0.2) is 24.2 Å². The van der Waals surface area contributed by atoms with Gasteiger partial charge in [-0.25, -0.2) is 9.97 Å². The van der Waals surface area contributed by atoms with Crippen molar-refractivity contribution in [3.63, 3.8) is 0 Å². The molecule has 0 N–H and O–H groups in total. The SMILES string of the molecule is COc1cc(P)c(-c2c(P)cc(OC)nc2C)c(C)n1.[Ar].[Ar].[Ar].[Ar]. The summed E-state index contributed by atoms with van der Waals surface area (Å²) in [5.74, 6) is 1.22. The Hall–Kier alpha value is 3.80. The van der Waals surface area contributed by atoms with Crippen LogP contribution in [0.15, 0.2) is 12.1 Å². The molecule has 138 valence electrons. The fourth-order valence-electron chi connectivity index (χ4n) is 2.19. The molecular weight excluding hydrogens is 450 g/mol. The first kappa shape index (κ1) is 32.5. The summed E-state index contributed by atoms with van der Waals surface area (Å²) in [6.07, 6.45) is 0. The Morgan fingerprint density at radius 3 is 1.21 bits per heavy atom. The van der Waals surface area contributed by atoms with Crippen molar-refractivity contribution in [3.05, 3.63) is 23.5 Å². The Morgan fingerprint density at radius 1 is 0.708 bits per heavy atom. The van der Waals surface area contributed by atoms with E-state index in [0.29, 0.717) is 11.8 Å². The maximum absolute atomic E-state index is 5.20. The maximum atomic E-state index is 5.20. The second-order valence-electron chi connectivity index (χ2n) is 4.43. The van der Waals surface area contributed by atoms with E-state index in [-0.39, 0.29) is 151 Å².